The molecule has 0 saturated carbocycles. The second-order valence-electron chi connectivity index (χ2n) is 6.22. The first-order valence-electron chi connectivity index (χ1n) is 8.63. The fourth-order valence-corrected chi connectivity index (χ4v) is 6.01. The molecule has 2 aliphatic heterocycles. The maximum Gasteiger partial charge on any atom is 0.326 e. The van der Waals surface area contributed by atoms with Crippen LogP contribution in [-0.4, -0.2) is 52.6 Å². The van der Waals surface area contributed by atoms with E-state index in [0.717, 1.165) is 12.8 Å². The van der Waals surface area contributed by atoms with Crippen molar-refractivity contribution in [2.45, 2.75) is 36.3 Å². The molecular weight excluding hydrogens is 358 g/mol. The minimum absolute atomic E-state index is 0.115. The highest BCUT2D eigenvalue weighted by atomic mass is 32.2. The first kappa shape index (κ1) is 18.5. The second-order valence-corrected chi connectivity index (χ2v) is 8.95. The largest absolute Gasteiger partial charge is 0.484 e. The van der Waals surface area contributed by atoms with E-state index in [-0.39, 0.29) is 12.5 Å². The molecule has 1 unspecified atom stereocenters. The van der Waals surface area contributed by atoms with E-state index < -0.39 is 12.0 Å². The summed E-state index contributed by atoms with van der Waals surface area (Å²) >= 11 is 3.94. The minimum atomic E-state index is -0.931. The van der Waals surface area contributed by atoms with E-state index in [1.165, 1.54) is 28.4 Å². The number of hydrogen-bond donors (Lipinski definition) is 1. The van der Waals surface area contributed by atoms with Crippen molar-refractivity contribution in [3.8, 4) is 5.75 Å². The molecule has 136 valence electrons. The van der Waals surface area contributed by atoms with E-state index >= 15 is 0 Å². The predicted octanol–water partition coefficient (Wildman–Crippen LogP) is 3.40. The van der Waals surface area contributed by atoms with E-state index in [2.05, 4.69) is 12.1 Å². The number of piperidine rings is 1. The standard InChI is InChI=1S/C18H23NO4S2/c20-16(19-9-2-1-4-15(19)17(21)22)12-23-14-7-5-13(6-8-14)18-24-10-3-11-25-18/h5-8,15,18H,1-4,9-12H2,(H,21,22). The Labute approximate surface area is 156 Å². The summed E-state index contributed by atoms with van der Waals surface area (Å²) in [6.45, 7) is 0.379. The van der Waals surface area contributed by atoms with E-state index in [0.29, 0.717) is 23.3 Å². The van der Waals surface area contributed by atoms with Gasteiger partial charge >= 0.3 is 5.97 Å². The van der Waals surface area contributed by atoms with Gasteiger partial charge in [-0.05, 0) is 54.9 Å². The van der Waals surface area contributed by atoms with Crippen LogP contribution in [0.3, 0.4) is 0 Å². The highest BCUT2D eigenvalue weighted by Gasteiger charge is 2.31. The zero-order valence-electron chi connectivity index (χ0n) is 14.1. The van der Waals surface area contributed by atoms with Crippen molar-refractivity contribution >= 4 is 35.4 Å². The van der Waals surface area contributed by atoms with Crippen LogP contribution in [0.5, 0.6) is 5.75 Å². The van der Waals surface area contributed by atoms with Crippen molar-refractivity contribution in [1.29, 1.82) is 0 Å². The first-order valence-corrected chi connectivity index (χ1v) is 10.7. The highest BCUT2D eigenvalue weighted by Crippen LogP contribution is 2.43. The molecule has 1 aromatic rings. The lowest BCUT2D eigenvalue weighted by Crippen LogP contribution is -2.49. The molecule has 5 nitrogen and oxygen atoms in total. The number of carbonyl (C=O) groups is 2. The maximum atomic E-state index is 12.3. The van der Waals surface area contributed by atoms with Gasteiger partial charge in [-0.15, -0.1) is 23.5 Å². The number of benzene rings is 1. The van der Waals surface area contributed by atoms with Gasteiger partial charge in [-0.2, -0.15) is 0 Å². The van der Waals surface area contributed by atoms with Gasteiger partial charge in [0.15, 0.2) is 6.61 Å². The topological polar surface area (TPSA) is 66.8 Å². The summed E-state index contributed by atoms with van der Waals surface area (Å²) in [4.78, 5) is 25.1. The molecule has 25 heavy (non-hydrogen) atoms. The van der Waals surface area contributed by atoms with E-state index in [9.17, 15) is 14.7 Å². The van der Waals surface area contributed by atoms with Crippen LogP contribution in [0.25, 0.3) is 0 Å². The van der Waals surface area contributed by atoms with Gasteiger partial charge < -0.3 is 14.7 Å². The SMILES string of the molecule is O=C(O)C1CCCCN1C(=O)COc1ccc(C2SCCCS2)cc1. The van der Waals surface area contributed by atoms with Crippen LogP contribution >= 0.6 is 23.5 Å². The molecule has 2 heterocycles. The molecule has 3 rings (SSSR count). The lowest BCUT2D eigenvalue weighted by molar-refractivity contribution is -0.152. The molecule has 0 spiro atoms. The van der Waals surface area contributed by atoms with Crippen LogP contribution in [0.15, 0.2) is 24.3 Å². The third-order valence-electron chi connectivity index (χ3n) is 4.45. The normalized spacial score (nSPS) is 21.8. The number of likely N-dealkylation sites (tertiary alicyclic amines) is 1. The van der Waals surface area contributed by atoms with Gasteiger partial charge in [-0.3, -0.25) is 4.79 Å². The van der Waals surface area contributed by atoms with Gasteiger partial charge in [0.25, 0.3) is 5.91 Å². The predicted molar refractivity (Wildman–Crippen MR) is 101 cm³/mol. The number of carbonyl (C=O) groups excluding carboxylic acids is 1. The number of thioether (sulfide) groups is 2. The number of nitrogens with zero attached hydrogens (tertiary/aromatic N) is 1. The van der Waals surface area contributed by atoms with Crippen LogP contribution in [0.4, 0.5) is 0 Å². The Morgan fingerprint density at radius 1 is 1.12 bits per heavy atom. The van der Waals surface area contributed by atoms with Gasteiger partial charge in [0.2, 0.25) is 0 Å². The molecule has 1 amide bonds. The zero-order chi connectivity index (χ0) is 17.6. The van der Waals surface area contributed by atoms with Crippen molar-refractivity contribution in [3.63, 3.8) is 0 Å². The Kier molecular flexibility index (Phi) is 6.53. The van der Waals surface area contributed by atoms with Crippen LogP contribution in [0.1, 0.15) is 35.8 Å². The minimum Gasteiger partial charge on any atom is -0.484 e. The van der Waals surface area contributed by atoms with Crippen molar-refractivity contribution in [2.75, 3.05) is 24.7 Å². The second kappa shape index (κ2) is 8.85. The third kappa shape index (κ3) is 4.85. The summed E-state index contributed by atoms with van der Waals surface area (Å²) in [5.41, 5.74) is 1.27. The summed E-state index contributed by atoms with van der Waals surface area (Å²) in [5, 5.41) is 9.26. The molecule has 0 radical (unpaired) electrons. The summed E-state index contributed by atoms with van der Waals surface area (Å²) in [6.07, 6.45) is 3.48. The summed E-state index contributed by atoms with van der Waals surface area (Å²) < 4.78 is 6.07. The highest BCUT2D eigenvalue weighted by molar-refractivity contribution is 8.16. The fraction of sp³-hybridized carbons (Fsp3) is 0.556. The molecule has 1 aromatic carbocycles. The number of rotatable bonds is 5. The van der Waals surface area contributed by atoms with Crippen molar-refractivity contribution < 1.29 is 19.4 Å². The monoisotopic (exact) mass is 381 g/mol. The Hall–Kier alpha value is -1.34. The molecule has 1 atom stereocenters. The molecule has 2 saturated heterocycles. The number of ether oxygens (including phenoxy) is 1. The lowest BCUT2D eigenvalue weighted by atomic mass is 10.0. The Morgan fingerprint density at radius 3 is 2.52 bits per heavy atom. The molecule has 7 heteroatoms. The molecule has 2 aliphatic rings. The van der Waals surface area contributed by atoms with Gasteiger partial charge in [0.05, 0.1) is 4.58 Å². The number of aliphatic carboxylic acids is 1. The Balaban J connectivity index is 1.53. The van der Waals surface area contributed by atoms with Crippen molar-refractivity contribution in [3.05, 3.63) is 29.8 Å². The Bertz CT molecular complexity index is 602. The average molecular weight is 382 g/mol. The van der Waals surface area contributed by atoms with Crippen LogP contribution in [-0.2, 0) is 9.59 Å². The van der Waals surface area contributed by atoms with Crippen molar-refractivity contribution in [1.82, 2.24) is 4.90 Å². The quantitative estimate of drug-likeness (QED) is 0.843. The molecule has 1 N–H and O–H groups in total. The summed E-state index contributed by atoms with van der Waals surface area (Å²) in [7, 11) is 0. The molecule has 0 aliphatic carbocycles. The number of carboxylic acids is 1. The van der Waals surface area contributed by atoms with Crippen LogP contribution in [0.2, 0.25) is 0 Å². The van der Waals surface area contributed by atoms with Crippen LogP contribution < -0.4 is 4.74 Å². The molecule has 0 bridgehead atoms. The van der Waals surface area contributed by atoms with E-state index in [1.54, 1.807) is 0 Å². The van der Waals surface area contributed by atoms with Gasteiger partial charge in [-0.25, -0.2) is 4.79 Å². The Morgan fingerprint density at radius 2 is 1.84 bits per heavy atom. The van der Waals surface area contributed by atoms with Gasteiger partial charge in [-0.1, -0.05) is 12.1 Å². The maximum absolute atomic E-state index is 12.3. The first-order chi connectivity index (χ1) is 12.1. The fourth-order valence-electron chi connectivity index (χ4n) is 3.12. The third-order valence-corrected chi connectivity index (χ3v) is 7.46. The number of hydrogen-bond acceptors (Lipinski definition) is 5. The summed E-state index contributed by atoms with van der Waals surface area (Å²) in [5.74, 6) is 1.86. The summed E-state index contributed by atoms with van der Waals surface area (Å²) in [6, 6.07) is 7.17. The number of carboxylic acid groups (broad SMARTS) is 1. The molecule has 0 aromatic heterocycles. The molecule has 2 fully saturated rings. The van der Waals surface area contributed by atoms with Crippen molar-refractivity contribution in [2.24, 2.45) is 0 Å². The number of amides is 1. The van der Waals surface area contributed by atoms with E-state index in [1.807, 2.05) is 35.7 Å². The van der Waals surface area contributed by atoms with Gasteiger partial charge in [0.1, 0.15) is 11.8 Å². The van der Waals surface area contributed by atoms with Gasteiger partial charge in [0, 0.05) is 6.54 Å². The zero-order valence-corrected chi connectivity index (χ0v) is 15.7. The van der Waals surface area contributed by atoms with Crippen LogP contribution in [0, 0.1) is 0 Å². The average Bonchev–Trinajstić information content (AvgIpc) is 2.67. The van der Waals surface area contributed by atoms with E-state index in [4.69, 9.17) is 4.74 Å². The molecular formula is C18H23NO4S2. The smallest absolute Gasteiger partial charge is 0.326 e. The lowest BCUT2D eigenvalue weighted by Gasteiger charge is -2.32.